The third kappa shape index (κ3) is 6.37. The smallest absolute Gasteiger partial charge is 0.293 e. The first-order chi connectivity index (χ1) is 14.6. The lowest BCUT2D eigenvalue weighted by molar-refractivity contribution is -0.384. The van der Waals surface area contributed by atoms with Gasteiger partial charge in [-0.15, -0.1) is 0 Å². The molecule has 0 aromatic heterocycles. The minimum Gasteiger partial charge on any atom is -0.363 e. The van der Waals surface area contributed by atoms with Gasteiger partial charge >= 0.3 is 0 Å². The molecule has 2 rings (SSSR count). The van der Waals surface area contributed by atoms with Crippen LogP contribution in [0, 0.1) is 16.0 Å². The number of nitro benzene ring substituents is 1. The molecule has 1 saturated heterocycles. The van der Waals surface area contributed by atoms with Crippen LogP contribution in [0.1, 0.15) is 27.7 Å². The van der Waals surface area contributed by atoms with E-state index in [0.717, 1.165) is 6.07 Å². The van der Waals surface area contributed by atoms with Gasteiger partial charge in [-0.1, -0.05) is 27.7 Å². The zero-order valence-corrected chi connectivity index (χ0v) is 19.5. The van der Waals surface area contributed by atoms with Crippen LogP contribution in [0.4, 0.5) is 11.4 Å². The number of nitrogens with zero attached hydrogens (tertiary/aromatic N) is 4. The number of anilines is 1. The average Bonchev–Trinajstić information content (AvgIpc) is 2.73. The fraction of sp³-hybridized carbons (Fsp3) is 0.650. The maximum absolute atomic E-state index is 12.7. The van der Waals surface area contributed by atoms with Gasteiger partial charge in [-0.25, -0.2) is 8.42 Å². The number of benzene rings is 1. The van der Waals surface area contributed by atoms with Crippen molar-refractivity contribution in [1.29, 1.82) is 0 Å². The van der Waals surface area contributed by atoms with Crippen molar-refractivity contribution >= 4 is 27.3 Å². The summed E-state index contributed by atoms with van der Waals surface area (Å²) < 4.78 is 26.8. The molecular formula is C20H33N5O5S. The van der Waals surface area contributed by atoms with Gasteiger partial charge in [0.2, 0.25) is 15.9 Å². The Hall–Kier alpha value is -2.24. The third-order valence-corrected chi connectivity index (χ3v) is 7.32. The maximum atomic E-state index is 12.7. The number of nitrogens with one attached hydrogen (secondary N) is 1. The second-order valence-electron chi connectivity index (χ2n) is 7.96. The third-order valence-electron chi connectivity index (χ3n) is 5.27. The molecule has 11 heteroatoms. The highest BCUT2D eigenvalue weighted by Gasteiger charge is 2.29. The van der Waals surface area contributed by atoms with Gasteiger partial charge in [0, 0.05) is 51.9 Å². The number of carbonyl (C=O) groups is 1. The summed E-state index contributed by atoms with van der Waals surface area (Å²) in [7, 11) is -3.78. The molecule has 0 saturated carbocycles. The number of sulfonamides is 1. The van der Waals surface area contributed by atoms with Crippen molar-refractivity contribution in [2.75, 3.05) is 57.3 Å². The SMILES string of the molecule is CCN(CC)S(=O)(=O)c1ccc(N2CCN(CC(=O)NCC(C)C)CC2)c([N+](=O)[O-])c1. The van der Waals surface area contributed by atoms with E-state index in [2.05, 4.69) is 5.32 Å². The standard InChI is InChI=1S/C20H33N5O5S/c1-5-24(6-2)31(29,30)17-7-8-18(19(13-17)25(27)28)23-11-9-22(10-12-23)15-20(26)21-14-16(3)4/h7-8,13,16H,5-6,9-12,14-15H2,1-4H3,(H,21,26). The van der Waals surface area contributed by atoms with E-state index in [4.69, 9.17) is 0 Å². The van der Waals surface area contributed by atoms with Crippen molar-refractivity contribution < 1.29 is 18.1 Å². The molecule has 1 N–H and O–H groups in total. The highest BCUT2D eigenvalue weighted by Crippen LogP contribution is 2.32. The molecule has 0 bridgehead atoms. The van der Waals surface area contributed by atoms with Gasteiger partial charge in [0.1, 0.15) is 5.69 Å². The number of hydrogen-bond donors (Lipinski definition) is 1. The van der Waals surface area contributed by atoms with Crippen LogP contribution in [0.5, 0.6) is 0 Å². The first kappa shape index (κ1) is 25.0. The van der Waals surface area contributed by atoms with Gasteiger partial charge < -0.3 is 10.2 Å². The van der Waals surface area contributed by atoms with Crippen LogP contribution in [0.25, 0.3) is 0 Å². The minimum absolute atomic E-state index is 0.0286. The molecule has 0 unspecified atom stereocenters. The number of amides is 1. The topological polar surface area (TPSA) is 116 Å². The van der Waals surface area contributed by atoms with Crippen molar-refractivity contribution in [3.05, 3.63) is 28.3 Å². The molecule has 1 aliphatic rings. The van der Waals surface area contributed by atoms with E-state index in [9.17, 15) is 23.3 Å². The van der Waals surface area contributed by atoms with Crippen molar-refractivity contribution in [3.63, 3.8) is 0 Å². The lowest BCUT2D eigenvalue weighted by atomic mass is 10.2. The van der Waals surface area contributed by atoms with Crippen LogP contribution in [-0.4, -0.2) is 80.8 Å². The van der Waals surface area contributed by atoms with E-state index in [-0.39, 0.29) is 16.5 Å². The molecule has 0 radical (unpaired) electrons. The van der Waals surface area contributed by atoms with Crippen LogP contribution in [0.3, 0.4) is 0 Å². The second-order valence-corrected chi connectivity index (χ2v) is 9.90. The lowest BCUT2D eigenvalue weighted by Crippen LogP contribution is -2.49. The molecular weight excluding hydrogens is 422 g/mol. The monoisotopic (exact) mass is 455 g/mol. The largest absolute Gasteiger partial charge is 0.363 e. The predicted molar refractivity (Wildman–Crippen MR) is 120 cm³/mol. The minimum atomic E-state index is -3.78. The summed E-state index contributed by atoms with van der Waals surface area (Å²) in [4.78, 5) is 27.0. The first-order valence-corrected chi connectivity index (χ1v) is 12.1. The average molecular weight is 456 g/mol. The number of nitro groups is 1. The number of piperazine rings is 1. The molecule has 0 aliphatic carbocycles. The summed E-state index contributed by atoms with van der Waals surface area (Å²) in [5, 5.41) is 14.6. The van der Waals surface area contributed by atoms with E-state index in [1.807, 2.05) is 23.6 Å². The summed E-state index contributed by atoms with van der Waals surface area (Å²) in [6.45, 7) is 11.2. The van der Waals surface area contributed by atoms with E-state index >= 15 is 0 Å². The summed E-state index contributed by atoms with van der Waals surface area (Å²) in [6.07, 6.45) is 0. The number of hydrogen-bond acceptors (Lipinski definition) is 7. The zero-order chi connectivity index (χ0) is 23.2. The van der Waals surface area contributed by atoms with Gasteiger partial charge in [-0.05, 0) is 18.1 Å². The van der Waals surface area contributed by atoms with Gasteiger partial charge in [-0.2, -0.15) is 4.31 Å². The Morgan fingerprint density at radius 3 is 2.32 bits per heavy atom. The summed E-state index contributed by atoms with van der Waals surface area (Å²) >= 11 is 0. The maximum Gasteiger partial charge on any atom is 0.293 e. The molecule has 1 heterocycles. The van der Waals surface area contributed by atoms with Crippen molar-refractivity contribution in [1.82, 2.24) is 14.5 Å². The second kappa shape index (κ2) is 10.9. The molecule has 1 amide bonds. The summed E-state index contributed by atoms with van der Waals surface area (Å²) in [5.41, 5.74) is 0.170. The van der Waals surface area contributed by atoms with E-state index in [0.29, 0.717) is 64.0 Å². The lowest BCUT2D eigenvalue weighted by Gasteiger charge is -2.35. The normalized spacial score (nSPS) is 15.5. The van der Waals surface area contributed by atoms with Crippen LogP contribution in [0.15, 0.2) is 23.1 Å². The Morgan fingerprint density at radius 1 is 1.19 bits per heavy atom. The number of rotatable bonds is 10. The molecule has 174 valence electrons. The fourth-order valence-corrected chi connectivity index (χ4v) is 4.99. The summed E-state index contributed by atoms with van der Waals surface area (Å²) in [5.74, 6) is 0.356. The Bertz CT molecular complexity index is 878. The molecule has 10 nitrogen and oxygen atoms in total. The Morgan fingerprint density at radius 2 is 1.81 bits per heavy atom. The van der Waals surface area contributed by atoms with Crippen LogP contribution in [0.2, 0.25) is 0 Å². The van der Waals surface area contributed by atoms with E-state index < -0.39 is 14.9 Å². The summed E-state index contributed by atoms with van der Waals surface area (Å²) in [6, 6.07) is 4.09. The van der Waals surface area contributed by atoms with Gasteiger partial charge in [0.25, 0.3) is 5.69 Å². The molecule has 0 atom stereocenters. The molecule has 1 aromatic carbocycles. The van der Waals surface area contributed by atoms with Gasteiger partial charge in [0.05, 0.1) is 16.4 Å². The van der Waals surface area contributed by atoms with Crippen molar-refractivity contribution in [2.45, 2.75) is 32.6 Å². The molecule has 1 aromatic rings. The van der Waals surface area contributed by atoms with Gasteiger partial charge in [0.15, 0.2) is 0 Å². The highest BCUT2D eigenvalue weighted by atomic mass is 32.2. The van der Waals surface area contributed by atoms with Crippen LogP contribution >= 0.6 is 0 Å². The first-order valence-electron chi connectivity index (χ1n) is 10.6. The van der Waals surface area contributed by atoms with Crippen molar-refractivity contribution in [2.24, 2.45) is 5.92 Å². The molecule has 1 fully saturated rings. The quantitative estimate of drug-likeness (QED) is 0.420. The van der Waals surface area contributed by atoms with E-state index in [1.165, 1.54) is 16.4 Å². The van der Waals surface area contributed by atoms with Crippen LogP contribution in [-0.2, 0) is 14.8 Å². The fourth-order valence-electron chi connectivity index (χ4n) is 3.51. The molecule has 1 aliphatic heterocycles. The Balaban J connectivity index is 2.12. The predicted octanol–water partition coefficient (Wildman–Crippen LogP) is 1.52. The number of carbonyl (C=O) groups excluding carboxylic acids is 1. The zero-order valence-electron chi connectivity index (χ0n) is 18.7. The van der Waals surface area contributed by atoms with Gasteiger partial charge in [-0.3, -0.25) is 19.8 Å². The Kier molecular flexibility index (Phi) is 8.78. The Labute approximate surface area is 184 Å². The van der Waals surface area contributed by atoms with Crippen molar-refractivity contribution in [3.8, 4) is 0 Å². The van der Waals surface area contributed by atoms with Crippen LogP contribution < -0.4 is 10.2 Å². The van der Waals surface area contributed by atoms with E-state index in [1.54, 1.807) is 13.8 Å². The molecule has 0 spiro atoms. The molecule has 31 heavy (non-hydrogen) atoms. The highest BCUT2D eigenvalue weighted by molar-refractivity contribution is 7.89.